The van der Waals surface area contributed by atoms with Crippen molar-refractivity contribution in [3.05, 3.63) is 11.9 Å². The van der Waals surface area contributed by atoms with Crippen molar-refractivity contribution in [2.24, 2.45) is 0 Å². The molecule has 6 nitrogen and oxygen atoms in total. The molecule has 1 heterocycles. The van der Waals surface area contributed by atoms with Gasteiger partial charge in [0.1, 0.15) is 6.04 Å². The second-order valence-corrected chi connectivity index (χ2v) is 4.34. The summed E-state index contributed by atoms with van der Waals surface area (Å²) in [5.41, 5.74) is 0.697. The van der Waals surface area contributed by atoms with E-state index in [-0.39, 0.29) is 18.6 Å². The molecule has 102 valence electrons. The van der Waals surface area contributed by atoms with Crippen LogP contribution in [0.15, 0.2) is 6.20 Å². The zero-order valence-electron chi connectivity index (χ0n) is 11.1. The lowest BCUT2D eigenvalue weighted by molar-refractivity contribution is -0.124. The molecule has 0 bridgehead atoms. The normalized spacial score (nSPS) is 12.4. The smallest absolute Gasteiger partial charge is 0.244 e. The highest BCUT2D eigenvalue weighted by Gasteiger charge is 2.15. The maximum atomic E-state index is 11.8. The number of aliphatic hydroxyl groups is 1. The Labute approximate surface area is 107 Å². The summed E-state index contributed by atoms with van der Waals surface area (Å²) in [5, 5.41) is 19.5. The number of aliphatic hydroxyl groups excluding tert-OH is 1. The topological polar surface area (TPSA) is 80.0 Å². The lowest BCUT2D eigenvalue weighted by Crippen LogP contribution is -2.32. The van der Waals surface area contributed by atoms with Gasteiger partial charge in [-0.2, -0.15) is 0 Å². The molecule has 18 heavy (non-hydrogen) atoms. The molecule has 0 aliphatic rings. The molecule has 2 N–H and O–H groups in total. The van der Waals surface area contributed by atoms with Crippen LogP contribution in [-0.4, -0.2) is 39.2 Å². The summed E-state index contributed by atoms with van der Waals surface area (Å²) < 4.78 is 1.53. The van der Waals surface area contributed by atoms with Crippen LogP contribution in [0.2, 0.25) is 0 Å². The number of carbonyl (C=O) groups is 1. The SMILES string of the molecule is CCCCCNC(=O)C(C)n1cc(CCO)nn1. The molecule has 1 unspecified atom stereocenters. The van der Waals surface area contributed by atoms with Crippen molar-refractivity contribution in [2.45, 2.75) is 45.6 Å². The number of hydrogen-bond donors (Lipinski definition) is 2. The molecule has 0 aliphatic heterocycles. The van der Waals surface area contributed by atoms with Gasteiger partial charge in [-0.25, -0.2) is 4.68 Å². The van der Waals surface area contributed by atoms with Gasteiger partial charge >= 0.3 is 0 Å². The summed E-state index contributed by atoms with van der Waals surface area (Å²) in [6, 6.07) is -0.369. The van der Waals surface area contributed by atoms with E-state index < -0.39 is 0 Å². The van der Waals surface area contributed by atoms with Crippen LogP contribution in [0.3, 0.4) is 0 Å². The van der Waals surface area contributed by atoms with Crippen molar-refractivity contribution < 1.29 is 9.90 Å². The highest BCUT2D eigenvalue weighted by molar-refractivity contribution is 5.79. The van der Waals surface area contributed by atoms with Gasteiger partial charge in [-0.05, 0) is 13.3 Å². The summed E-state index contributed by atoms with van der Waals surface area (Å²) in [6.45, 7) is 4.65. The molecule has 1 aromatic heterocycles. The Morgan fingerprint density at radius 3 is 3.00 bits per heavy atom. The first-order valence-corrected chi connectivity index (χ1v) is 6.48. The van der Waals surface area contributed by atoms with Crippen LogP contribution in [0.4, 0.5) is 0 Å². The Hall–Kier alpha value is -1.43. The lowest BCUT2D eigenvalue weighted by atomic mass is 10.2. The molecular weight excluding hydrogens is 232 g/mol. The van der Waals surface area contributed by atoms with Crippen LogP contribution in [-0.2, 0) is 11.2 Å². The largest absolute Gasteiger partial charge is 0.396 e. The van der Waals surface area contributed by atoms with Crippen molar-refractivity contribution in [1.82, 2.24) is 20.3 Å². The van der Waals surface area contributed by atoms with Crippen LogP contribution in [0.5, 0.6) is 0 Å². The Morgan fingerprint density at radius 1 is 1.56 bits per heavy atom. The Bertz CT molecular complexity index is 365. The number of aromatic nitrogens is 3. The number of nitrogens with one attached hydrogen (secondary N) is 1. The van der Waals surface area contributed by atoms with Gasteiger partial charge < -0.3 is 10.4 Å². The number of nitrogens with zero attached hydrogens (tertiary/aromatic N) is 3. The van der Waals surface area contributed by atoms with E-state index in [4.69, 9.17) is 5.11 Å². The van der Waals surface area contributed by atoms with Gasteiger partial charge in [0.15, 0.2) is 0 Å². The maximum absolute atomic E-state index is 11.8. The third-order valence-electron chi connectivity index (χ3n) is 2.78. The van der Waals surface area contributed by atoms with Crippen molar-refractivity contribution in [3.8, 4) is 0 Å². The summed E-state index contributed by atoms with van der Waals surface area (Å²) in [5.74, 6) is -0.0495. The molecule has 0 saturated heterocycles. The summed E-state index contributed by atoms with van der Waals surface area (Å²) in [6.07, 6.45) is 5.43. The second-order valence-electron chi connectivity index (χ2n) is 4.34. The first-order chi connectivity index (χ1) is 8.69. The average molecular weight is 254 g/mol. The summed E-state index contributed by atoms with van der Waals surface area (Å²) >= 11 is 0. The molecule has 1 atom stereocenters. The highest BCUT2D eigenvalue weighted by atomic mass is 16.3. The summed E-state index contributed by atoms with van der Waals surface area (Å²) in [4.78, 5) is 11.8. The molecule has 1 rings (SSSR count). The Morgan fingerprint density at radius 2 is 2.33 bits per heavy atom. The molecule has 6 heteroatoms. The van der Waals surface area contributed by atoms with Gasteiger partial charge in [-0.3, -0.25) is 4.79 Å². The van der Waals surface area contributed by atoms with E-state index in [9.17, 15) is 4.79 Å². The number of rotatable bonds is 8. The minimum absolute atomic E-state index is 0.0380. The molecule has 0 aromatic carbocycles. The second kappa shape index (κ2) is 7.81. The number of carbonyl (C=O) groups excluding carboxylic acids is 1. The third-order valence-corrected chi connectivity index (χ3v) is 2.78. The van der Waals surface area contributed by atoms with E-state index in [1.54, 1.807) is 13.1 Å². The van der Waals surface area contributed by atoms with E-state index in [1.165, 1.54) is 4.68 Å². The predicted molar refractivity (Wildman–Crippen MR) is 68.1 cm³/mol. The van der Waals surface area contributed by atoms with Crippen LogP contribution < -0.4 is 5.32 Å². The number of hydrogen-bond acceptors (Lipinski definition) is 4. The van der Waals surface area contributed by atoms with Crippen LogP contribution in [0.25, 0.3) is 0 Å². The van der Waals surface area contributed by atoms with Crippen molar-refractivity contribution in [1.29, 1.82) is 0 Å². The quantitative estimate of drug-likeness (QED) is 0.669. The monoisotopic (exact) mass is 254 g/mol. The maximum Gasteiger partial charge on any atom is 0.244 e. The minimum atomic E-state index is -0.369. The zero-order valence-corrected chi connectivity index (χ0v) is 11.1. The van der Waals surface area contributed by atoms with Crippen LogP contribution in [0.1, 0.15) is 44.8 Å². The fourth-order valence-electron chi connectivity index (χ4n) is 1.59. The van der Waals surface area contributed by atoms with E-state index in [1.807, 2.05) is 0 Å². The molecule has 0 spiro atoms. The molecule has 0 radical (unpaired) electrons. The zero-order chi connectivity index (χ0) is 13.4. The number of amides is 1. The van der Waals surface area contributed by atoms with Crippen molar-refractivity contribution in [2.75, 3.05) is 13.2 Å². The average Bonchev–Trinajstić information content (AvgIpc) is 2.82. The first kappa shape index (κ1) is 14.6. The van der Waals surface area contributed by atoms with Gasteiger partial charge in [-0.15, -0.1) is 5.10 Å². The van der Waals surface area contributed by atoms with E-state index in [2.05, 4.69) is 22.6 Å². The summed E-state index contributed by atoms with van der Waals surface area (Å²) in [7, 11) is 0. The van der Waals surface area contributed by atoms with E-state index in [0.717, 1.165) is 19.3 Å². The third kappa shape index (κ3) is 4.44. The standard InChI is InChI=1S/C12H22N4O2/c1-3-4-5-7-13-12(18)10(2)16-9-11(6-8-17)14-15-16/h9-10,17H,3-8H2,1-2H3,(H,13,18). The molecule has 1 aromatic rings. The van der Waals surface area contributed by atoms with Gasteiger partial charge in [-0.1, -0.05) is 25.0 Å². The Kier molecular flexibility index (Phi) is 6.35. The molecular formula is C12H22N4O2. The van der Waals surface area contributed by atoms with Crippen molar-refractivity contribution >= 4 is 5.91 Å². The van der Waals surface area contributed by atoms with Gasteiger partial charge in [0.2, 0.25) is 5.91 Å². The van der Waals surface area contributed by atoms with Crippen LogP contribution >= 0.6 is 0 Å². The first-order valence-electron chi connectivity index (χ1n) is 6.48. The lowest BCUT2D eigenvalue weighted by Gasteiger charge is -2.11. The Balaban J connectivity index is 2.41. The van der Waals surface area contributed by atoms with Gasteiger partial charge in [0.05, 0.1) is 5.69 Å². The molecule has 0 aliphatic carbocycles. The van der Waals surface area contributed by atoms with Gasteiger partial charge in [0.25, 0.3) is 0 Å². The molecule has 1 amide bonds. The fraction of sp³-hybridized carbons (Fsp3) is 0.750. The van der Waals surface area contributed by atoms with Gasteiger partial charge in [0, 0.05) is 25.8 Å². The number of unbranched alkanes of at least 4 members (excludes halogenated alkanes) is 2. The van der Waals surface area contributed by atoms with E-state index in [0.29, 0.717) is 18.7 Å². The van der Waals surface area contributed by atoms with Crippen LogP contribution in [0, 0.1) is 0 Å². The molecule has 0 fully saturated rings. The predicted octanol–water partition coefficient (Wildman–Crippen LogP) is 0.680. The highest BCUT2D eigenvalue weighted by Crippen LogP contribution is 2.05. The molecule has 0 saturated carbocycles. The van der Waals surface area contributed by atoms with E-state index >= 15 is 0 Å². The fourth-order valence-corrected chi connectivity index (χ4v) is 1.59. The van der Waals surface area contributed by atoms with Crippen molar-refractivity contribution in [3.63, 3.8) is 0 Å². The minimum Gasteiger partial charge on any atom is -0.396 e.